The van der Waals surface area contributed by atoms with Crippen LogP contribution in [-0.2, 0) is 9.84 Å². The lowest BCUT2D eigenvalue weighted by atomic mass is 10.1. The van der Waals surface area contributed by atoms with Gasteiger partial charge in [-0.15, -0.1) is 11.8 Å². The average Bonchev–Trinajstić information content (AvgIpc) is 2.27. The van der Waals surface area contributed by atoms with Crippen molar-refractivity contribution < 1.29 is 17.6 Å². The molecule has 0 fully saturated rings. The average molecular weight is 290 g/mol. The van der Waals surface area contributed by atoms with Crippen LogP contribution in [0, 0.1) is 5.82 Å². The number of sulfone groups is 1. The van der Waals surface area contributed by atoms with E-state index in [4.69, 9.17) is 0 Å². The predicted molar refractivity (Wildman–Crippen MR) is 72.4 cm³/mol. The number of Topliss-reactive ketones (excluding diaryl/α,β-unsaturated/α-hetero) is 1. The van der Waals surface area contributed by atoms with Crippen molar-refractivity contribution in [3.8, 4) is 0 Å². The highest BCUT2D eigenvalue weighted by Crippen LogP contribution is 2.17. The molecule has 0 aliphatic carbocycles. The van der Waals surface area contributed by atoms with Gasteiger partial charge in [0.2, 0.25) is 0 Å². The van der Waals surface area contributed by atoms with Gasteiger partial charge in [-0.1, -0.05) is 0 Å². The van der Waals surface area contributed by atoms with Crippen LogP contribution in [0.4, 0.5) is 4.39 Å². The van der Waals surface area contributed by atoms with E-state index in [0.29, 0.717) is 11.3 Å². The normalized spacial score (nSPS) is 13.3. The van der Waals surface area contributed by atoms with Crippen LogP contribution in [0.1, 0.15) is 17.3 Å². The van der Waals surface area contributed by atoms with E-state index in [9.17, 15) is 17.6 Å². The highest BCUT2D eigenvalue weighted by Gasteiger charge is 2.16. The summed E-state index contributed by atoms with van der Waals surface area (Å²) in [6.07, 6.45) is 1.17. The molecule has 18 heavy (non-hydrogen) atoms. The summed E-state index contributed by atoms with van der Waals surface area (Å²) in [5, 5.41) is -0.336. The molecule has 6 heteroatoms. The van der Waals surface area contributed by atoms with Crippen molar-refractivity contribution in [2.45, 2.75) is 12.2 Å². The van der Waals surface area contributed by atoms with Crippen molar-refractivity contribution >= 4 is 27.4 Å². The maximum absolute atomic E-state index is 12.7. The Morgan fingerprint density at radius 2 is 1.89 bits per heavy atom. The number of hydrogen-bond donors (Lipinski definition) is 0. The molecule has 1 rings (SSSR count). The Labute approximate surface area is 111 Å². The highest BCUT2D eigenvalue weighted by atomic mass is 32.2. The molecule has 1 atom stereocenters. The first-order valence-corrected chi connectivity index (χ1v) is 8.49. The van der Waals surface area contributed by atoms with Crippen molar-refractivity contribution in [1.82, 2.24) is 0 Å². The van der Waals surface area contributed by atoms with Gasteiger partial charge in [0.25, 0.3) is 0 Å². The van der Waals surface area contributed by atoms with Gasteiger partial charge in [-0.05, 0) is 31.2 Å². The van der Waals surface area contributed by atoms with Gasteiger partial charge >= 0.3 is 0 Å². The van der Waals surface area contributed by atoms with E-state index in [1.807, 2.05) is 0 Å². The molecule has 3 nitrogen and oxygen atoms in total. The lowest BCUT2D eigenvalue weighted by Gasteiger charge is -2.09. The molecule has 0 amide bonds. The minimum Gasteiger partial charge on any atom is -0.293 e. The minimum atomic E-state index is -3.00. The van der Waals surface area contributed by atoms with Crippen molar-refractivity contribution in [1.29, 1.82) is 0 Å². The zero-order valence-corrected chi connectivity index (χ0v) is 11.9. The van der Waals surface area contributed by atoms with Crippen molar-refractivity contribution in [2.24, 2.45) is 0 Å². The predicted octanol–water partition coefficient (Wildman–Crippen LogP) is 2.17. The number of carbonyl (C=O) groups excluding carboxylic acids is 1. The number of ketones is 1. The maximum atomic E-state index is 12.7. The van der Waals surface area contributed by atoms with Crippen LogP contribution in [0.2, 0.25) is 0 Å². The van der Waals surface area contributed by atoms with Gasteiger partial charge < -0.3 is 0 Å². The van der Waals surface area contributed by atoms with Gasteiger partial charge in [0, 0.05) is 17.6 Å². The molecule has 1 unspecified atom stereocenters. The molecule has 0 N–H and O–H groups in total. The fourth-order valence-corrected chi connectivity index (χ4v) is 3.54. The van der Waals surface area contributed by atoms with Crippen LogP contribution in [0.25, 0.3) is 0 Å². The second-order valence-corrected chi connectivity index (χ2v) is 7.72. The third-order valence-electron chi connectivity index (χ3n) is 2.32. The number of thioether (sulfide) groups is 1. The Kier molecular flexibility index (Phi) is 5.34. The topological polar surface area (TPSA) is 51.2 Å². The maximum Gasteiger partial charge on any atom is 0.175 e. The number of halogens is 1. The van der Waals surface area contributed by atoms with Crippen molar-refractivity contribution in [3.05, 3.63) is 35.6 Å². The van der Waals surface area contributed by atoms with Gasteiger partial charge in [0.1, 0.15) is 15.7 Å². The first-order valence-electron chi connectivity index (χ1n) is 5.39. The van der Waals surface area contributed by atoms with Crippen molar-refractivity contribution in [2.75, 3.05) is 17.8 Å². The SMILES string of the molecule is CC(SCCS(C)(=O)=O)C(=O)c1ccc(F)cc1. The molecule has 1 aromatic rings. The Balaban J connectivity index is 2.54. The van der Waals surface area contributed by atoms with Crippen LogP contribution >= 0.6 is 11.8 Å². The Morgan fingerprint density at radius 1 is 1.33 bits per heavy atom. The lowest BCUT2D eigenvalue weighted by Crippen LogP contribution is -2.16. The molecule has 0 aliphatic heterocycles. The van der Waals surface area contributed by atoms with Crippen molar-refractivity contribution in [3.63, 3.8) is 0 Å². The van der Waals surface area contributed by atoms with Crippen LogP contribution in [-0.4, -0.2) is 37.2 Å². The van der Waals surface area contributed by atoms with Gasteiger partial charge in [0.05, 0.1) is 11.0 Å². The quantitative estimate of drug-likeness (QED) is 0.754. The number of hydrogen-bond acceptors (Lipinski definition) is 4. The van der Waals surface area contributed by atoms with Gasteiger partial charge in [0.15, 0.2) is 5.78 Å². The van der Waals surface area contributed by atoms with E-state index in [2.05, 4.69) is 0 Å². The molecule has 0 aromatic heterocycles. The molecule has 0 saturated carbocycles. The zero-order chi connectivity index (χ0) is 13.8. The third kappa shape index (κ3) is 5.18. The minimum absolute atomic E-state index is 0.0543. The standard InChI is InChI=1S/C12H15FO3S2/c1-9(17-7-8-18(2,15)16)12(14)10-3-5-11(13)6-4-10/h3-6,9H,7-8H2,1-2H3. The smallest absolute Gasteiger partial charge is 0.175 e. The summed E-state index contributed by atoms with van der Waals surface area (Å²) < 4.78 is 34.6. The summed E-state index contributed by atoms with van der Waals surface area (Å²) in [6, 6.07) is 5.35. The van der Waals surface area contributed by atoms with Crippen LogP contribution in [0.15, 0.2) is 24.3 Å². The summed E-state index contributed by atoms with van der Waals surface area (Å²) >= 11 is 1.29. The van der Waals surface area contributed by atoms with E-state index >= 15 is 0 Å². The fourth-order valence-electron chi connectivity index (χ4n) is 1.30. The Bertz CT molecular complexity index is 509. The monoisotopic (exact) mass is 290 g/mol. The van der Waals surface area contributed by atoms with E-state index in [1.165, 1.54) is 42.3 Å². The fraction of sp³-hybridized carbons (Fsp3) is 0.417. The molecule has 1 aromatic carbocycles. The van der Waals surface area contributed by atoms with Gasteiger partial charge in [-0.3, -0.25) is 4.79 Å². The lowest BCUT2D eigenvalue weighted by molar-refractivity contribution is 0.0994. The molecule has 100 valence electrons. The summed E-state index contributed by atoms with van der Waals surface area (Å²) in [5.41, 5.74) is 0.441. The number of rotatable bonds is 6. The first-order chi connectivity index (χ1) is 8.29. The second kappa shape index (κ2) is 6.33. The molecular formula is C12H15FO3S2. The molecular weight excluding hydrogens is 275 g/mol. The molecule has 0 spiro atoms. The molecule has 0 radical (unpaired) electrons. The molecule has 0 bridgehead atoms. The molecule has 0 saturated heterocycles. The Morgan fingerprint density at radius 3 is 2.39 bits per heavy atom. The zero-order valence-electron chi connectivity index (χ0n) is 10.2. The van der Waals surface area contributed by atoms with Crippen LogP contribution in [0.5, 0.6) is 0 Å². The van der Waals surface area contributed by atoms with E-state index in [1.54, 1.807) is 6.92 Å². The number of carbonyl (C=O) groups is 1. The first kappa shape index (κ1) is 15.2. The highest BCUT2D eigenvalue weighted by molar-refractivity contribution is 8.01. The Hall–Kier alpha value is -0.880. The number of benzene rings is 1. The van der Waals surface area contributed by atoms with Crippen LogP contribution in [0.3, 0.4) is 0 Å². The van der Waals surface area contributed by atoms with E-state index in [-0.39, 0.29) is 22.6 Å². The van der Waals surface area contributed by atoms with Gasteiger partial charge in [-0.25, -0.2) is 12.8 Å². The second-order valence-electron chi connectivity index (χ2n) is 4.01. The summed E-state index contributed by atoms with van der Waals surface area (Å²) in [7, 11) is -3.00. The van der Waals surface area contributed by atoms with Crippen LogP contribution < -0.4 is 0 Å². The summed E-state index contributed by atoms with van der Waals surface area (Å²) in [4.78, 5) is 11.9. The third-order valence-corrected chi connectivity index (χ3v) is 4.68. The van der Waals surface area contributed by atoms with E-state index < -0.39 is 9.84 Å². The summed E-state index contributed by atoms with van der Waals surface area (Å²) in [6.45, 7) is 1.72. The summed E-state index contributed by atoms with van der Waals surface area (Å²) in [5.74, 6) is -0.0662. The largest absolute Gasteiger partial charge is 0.293 e. The van der Waals surface area contributed by atoms with Gasteiger partial charge in [-0.2, -0.15) is 0 Å². The molecule has 0 heterocycles. The molecule has 0 aliphatic rings. The van der Waals surface area contributed by atoms with E-state index in [0.717, 1.165) is 0 Å².